The fourth-order valence-electron chi connectivity index (χ4n) is 7.85. The van der Waals surface area contributed by atoms with Gasteiger partial charge in [0.25, 0.3) is 0 Å². The van der Waals surface area contributed by atoms with Gasteiger partial charge >= 0.3 is 0 Å². The number of halogens is 1. The highest BCUT2D eigenvalue weighted by Crippen LogP contribution is 2.66. The second-order valence-corrected chi connectivity index (χ2v) is 11.4. The van der Waals surface area contributed by atoms with Crippen LogP contribution in [0.1, 0.15) is 63.5 Å². The van der Waals surface area contributed by atoms with E-state index in [9.17, 15) is 0 Å². The summed E-state index contributed by atoms with van der Waals surface area (Å²) in [5, 5.41) is 4.89. The SMILES string of the molecule is COc1ccccc1C[C@H](C)N[C@@H](C)C12C[C@@H]3C[C@H](CC(c4ccc(Cl)cc4)(C3)C1)C2. The van der Waals surface area contributed by atoms with Crippen LogP contribution in [0.5, 0.6) is 5.75 Å². The number of hydrogen-bond acceptors (Lipinski definition) is 2. The van der Waals surface area contributed by atoms with Crippen molar-refractivity contribution in [1.82, 2.24) is 5.32 Å². The third kappa shape index (κ3) is 3.91. The van der Waals surface area contributed by atoms with E-state index in [1.54, 1.807) is 7.11 Å². The Morgan fingerprint density at radius 2 is 1.68 bits per heavy atom. The maximum absolute atomic E-state index is 6.22. The standard InChI is InChI=1S/C28H36ClNO/c1-19(12-23-6-4-5-7-26(23)31-3)30-20(2)27-14-21-13-22(15-27)17-28(16-21,18-27)24-8-10-25(29)11-9-24/h4-11,19-22,30H,12-18H2,1-3H3/t19-,20-,21-,22-,27?,28?/m0/s1. The Hall–Kier alpha value is -1.51. The lowest BCUT2D eigenvalue weighted by atomic mass is 9.41. The molecule has 6 rings (SSSR count). The first kappa shape index (κ1) is 21.3. The van der Waals surface area contributed by atoms with E-state index in [0.29, 0.717) is 22.9 Å². The van der Waals surface area contributed by atoms with Crippen LogP contribution in [-0.2, 0) is 11.8 Å². The van der Waals surface area contributed by atoms with Crippen LogP contribution in [-0.4, -0.2) is 19.2 Å². The minimum atomic E-state index is 0.358. The van der Waals surface area contributed by atoms with Crippen molar-refractivity contribution in [2.45, 2.75) is 76.3 Å². The maximum atomic E-state index is 6.22. The molecular weight excluding hydrogens is 402 g/mol. The predicted molar refractivity (Wildman–Crippen MR) is 129 cm³/mol. The van der Waals surface area contributed by atoms with Crippen LogP contribution in [0, 0.1) is 17.3 Å². The Morgan fingerprint density at radius 1 is 1.00 bits per heavy atom. The molecule has 4 fully saturated rings. The molecule has 0 aliphatic heterocycles. The molecule has 31 heavy (non-hydrogen) atoms. The van der Waals surface area contributed by atoms with Gasteiger partial charge in [-0.1, -0.05) is 41.9 Å². The molecule has 2 nitrogen and oxygen atoms in total. The Balaban J connectivity index is 1.35. The zero-order chi connectivity index (χ0) is 21.6. The highest BCUT2D eigenvalue weighted by atomic mass is 35.5. The van der Waals surface area contributed by atoms with Gasteiger partial charge in [-0.05, 0) is 111 Å². The number of para-hydroxylation sites is 1. The Labute approximate surface area is 192 Å². The molecule has 4 aliphatic carbocycles. The summed E-state index contributed by atoms with van der Waals surface area (Å²) in [6.07, 6.45) is 9.31. The minimum Gasteiger partial charge on any atom is -0.496 e. The van der Waals surface area contributed by atoms with Gasteiger partial charge in [0, 0.05) is 17.1 Å². The maximum Gasteiger partial charge on any atom is 0.122 e. The molecule has 4 bridgehead atoms. The molecule has 4 atom stereocenters. The van der Waals surface area contributed by atoms with Crippen LogP contribution in [0.15, 0.2) is 48.5 Å². The average Bonchev–Trinajstić information content (AvgIpc) is 2.73. The van der Waals surface area contributed by atoms with Gasteiger partial charge in [-0.25, -0.2) is 0 Å². The second-order valence-electron chi connectivity index (χ2n) is 10.9. The van der Waals surface area contributed by atoms with Gasteiger partial charge in [0.1, 0.15) is 5.75 Å². The molecule has 166 valence electrons. The van der Waals surface area contributed by atoms with E-state index >= 15 is 0 Å². The van der Waals surface area contributed by atoms with Crippen LogP contribution in [0.4, 0.5) is 0 Å². The van der Waals surface area contributed by atoms with Gasteiger partial charge in [-0.15, -0.1) is 0 Å². The van der Waals surface area contributed by atoms with Gasteiger partial charge in [0.05, 0.1) is 7.11 Å². The predicted octanol–water partition coefficient (Wildman–Crippen LogP) is 6.80. The molecule has 2 aromatic rings. The number of hydrogen-bond donors (Lipinski definition) is 1. The highest BCUT2D eigenvalue weighted by Gasteiger charge is 2.59. The molecule has 1 N–H and O–H groups in total. The topological polar surface area (TPSA) is 21.3 Å². The van der Waals surface area contributed by atoms with Crippen molar-refractivity contribution in [3.05, 3.63) is 64.7 Å². The van der Waals surface area contributed by atoms with Gasteiger partial charge in [-0.2, -0.15) is 0 Å². The monoisotopic (exact) mass is 437 g/mol. The van der Waals surface area contributed by atoms with Crippen molar-refractivity contribution < 1.29 is 4.74 Å². The van der Waals surface area contributed by atoms with E-state index in [-0.39, 0.29) is 0 Å². The molecular formula is C28H36ClNO. The van der Waals surface area contributed by atoms with Crippen molar-refractivity contribution >= 4 is 11.6 Å². The summed E-state index contributed by atoms with van der Waals surface area (Å²) in [5.74, 6) is 2.76. The van der Waals surface area contributed by atoms with Gasteiger partial charge in [0.15, 0.2) is 0 Å². The first-order chi connectivity index (χ1) is 14.9. The quantitative estimate of drug-likeness (QED) is 0.514. The fourth-order valence-corrected chi connectivity index (χ4v) is 7.97. The smallest absolute Gasteiger partial charge is 0.122 e. The second kappa shape index (κ2) is 8.12. The van der Waals surface area contributed by atoms with Gasteiger partial charge < -0.3 is 10.1 Å². The van der Waals surface area contributed by atoms with Gasteiger partial charge in [-0.3, -0.25) is 0 Å². The van der Waals surface area contributed by atoms with E-state index in [1.807, 2.05) is 0 Å². The third-order valence-electron chi connectivity index (χ3n) is 8.73. The number of ether oxygens (including phenoxy) is 1. The summed E-state index contributed by atoms with van der Waals surface area (Å²) >= 11 is 6.22. The number of rotatable bonds is 7. The Bertz CT molecular complexity index is 909. The molecule has 0 heterocycles. The summed E-state index contributed by atoms with van der Waals surface area (Å²) in [5.41, 5.74) is 3.60. The number of methoxy groups -OCH3 is 1. The zero-order valence-corrected chi connectivity index (χ0v) is 19.9. The van der Waals surface area contributed by atoms with Crippen molar-refractivity contribution in [2.75, 3.05) is 7.11 Å². The first-order valence-corrected chi connectivity index (χ1v) is 12.4. The summed E-state index contributed by atoms with van der Waals surface area (Å²) in [4.78, 5) is 0. The summed E-state index contributed by atoms with van der Waals surface area (Å²) in [7, 11) is 1.77. The normalized spacial score (nSPS) is 33.3. The summed E-state index contributed by atoms with van der Waals surface area (Å²) < 4.78 is 5.58. The van der Waals surface area contributed by atoms with Gasteiger partial charge in [0.2, 0.25) is 0 Å². The Kier molecular flexibility index (Phi) is 5.59. The molecule has 0 spiro atoms. The van der Waals surface area contributed by atoms with Crippen LogP contribution in [0.25, 0.3) is 0 Å². The Morgan fingerprint density at radius 3 is 2.35 bits per heavy atom. The largest absolute Gasteiger partial charge is 0.496 e. The molecule has 0 unspecified atom stereocenters. The molecule has 3 heteroatoms. The molecule has 0 saturated heterocycles. The molecule has 4 saturated carbocycles. The lowest BCUT2D eigenvalue weighted by Gasteiger charge is -2.64. The molecule has 4 aliphatic rings. The first-order valence-electron chi connectivity index (χ1n) is 12.1. The van der Waals surface area contributed by atoms with Crippen LogP contribution >= 0.6 is 11.6 Å². The van der Waals surface area contributed by atoms with E-state index in [2.05, 4.69) is 67.7 Å². The lowest BCUT2D eigenvalue weighted by molar-refractivity contribution is -0.0893. The summed E-state index contributed by atoms with van der Waals surface area (Å²) in [6.45, 7) is 4.79. The highest BCUT2D eigenvalue weighted by molar-refractivity contribution is 6.30. The zero-order valence-electron chi connectivity index (χ0n) is 19.2. The van der Waals surface area contributed by atoms with E-state index < -0.39 is 0 Å². The van der Waals surface area contributed by atoms with Crippen LogP contribution < -0.4 is 10.1 Å². The van der Waals surface area contributed by atoms with E-state index in [1.165, 1.54) is 49.7 Å². The van der Waals surface area contributed by atoms with Crippen molar-refractivity contribution in [2.24, 2.45) is 17.3 Å². The molecule has 0 radical (unpaired) electrons. The third-order valence-corrected chi connectivity index (χ3v) is 8.99. The van der Waals surface area contributed by atoms with Crippen LogP contribution in [0.3, 0.4) is 0 Å². The fraction of sp³-hybridized carbons (Fsp3) is 0.571. The molecule has 0 aromatic heterocycles. The van der Waals surface area contributed by atoms with E-state index in [4.69, 9.17) is 16.3 Å². The number of benzene rings is 2. The molecule has 2 aromatic carbocycles. The lowest BCUT2D eigenvalue weighted by Crippen LogP contribution is -2.60. The molecule has 0 amide bonds. The average molecular weight is 438 g/mol. The van der Waals surface area contributed by atoms with Crippen LogP contribution in [0.2, 0.25) is 5.02 Å². The van der Waals surface area contributed by atoms with Crippen molar-refractivity contribution in [3.63, 3.8) is 0 Å². The van der Waals surface area contributed by atoms with Crippen molar-refractivity contribution in [1.29, 1.82) is 0 Å². The minimum absolute atomic E-state index is 0.358. The van der Waals surface area contributed by atoms with Crippen molar-refractivity contribution in [3.8, 4) is 5.75 Å². The summed E-state index contributed by atoms with van der Waals surface area (Å²) in [6, 6.07) is 18.2. The number of nitrogens with one attached hydrogen (secondary N) is 1. The van der Waals surface area contributed by atoms with E-state index in [0.717, 1.165) is 29.0 Å².